The Morgan fingerprint density at radius 3 is 2.43 bits per heavy atom. The lowest BCUT2D eigenvalue weighted by Crippen LogP contribution is -2.43. The van der Waals surface area contributed by atoms with E-state index >= 15 is 0 Å². The van der Waals surface area contributed by atoms with Crippen LogP contribution in [0, 0.1) is 24.5 Å². The number of sulfonamides is 1. The van der Waals surface area contributed by atoms with Gasteiger partial charge in [0, 0.05) is 25.6 Å². The molecule has 0 atom stereocenters. The van der Waals surface area contributed by atoms with Crippen LogP contribution in [-0.2, 0) is 21.4 Å². The number of amides is 1. The number of carbonyl (C=O) groups excluding carboxylic acids is 1. The van der Waals surface area contributed by atoms with Gasteiger partial charge in [-0.05, 0) is 49.1 Å². The molecule has 1 amide bonds. The third kappa shape index (κ3) is 4.39. The van der Waals surface area contributed by atoms with Crippen LogP contribution in [-0.4, -0.2) is 31.7 Å². The maximum Gasteiger partial charge on any atom is 0.245 e. The van der Waals surface area contributed by atoms with Gasteiger partial charge in [-0.2, -0.15) is 4.31 Å². The molecule has 1 saturated heterocycles. The zero-order chi connectivity index (χ0) is 20.3. The predicted octanol–water partition coefficient (Wildman–Crippen LogP) is 2.99. The largest absolute Gasteiger partial charge is 0.352 e. The van der Waals surface area contributed by atoms with Gasteiger partial charge in [0.05, 0.1) is 0 Å². The fraction of sp³-hybridized carbons (Fsp3) is 0.350. The van der Waals surface area contributed by atoms with Crippen molar-refractivity contribution in [2.45, 2.75) is 31.2 Å². The molecule has 3 rings (SSSR count). The van der Waals surface area contributed by atoms with Gasteiger partial charge in [0.25, 0.3) is 0 Å². The van der Waals surface area contributed by atoms with Gasteiger partial charge in [-0.3, -0.25) is 4.79 Å². The van der Waals surface area contributed by atoms with Crippen LogP contribution in [0.5, 0.6) is 0 Å². The van der Waals surface area contributed by atoms with E-state index in [2.05, 4.69) is 5.32 Å². The summed E-state index contributed by atoms with van der Waals surface area (Å²) in [6.45, 7) is 2.26. The van der Waals surface area contributed by atoms with Crippen LogP contribution in [0.1, 0.15) is 24.0 Å². The molecule has 0 aliphatic carbocycles. The highest BCUT2D eigenvalue weighted by atomic mass is 32.2. The minimum atomic E-state index is -3.91. The van der Waals surface area contributed by atoms with Crippen molar-refractivity contribution in [3.63, 3.8) is 0 Å². The molecule has 1 aliphatic heterocycles. The summed E-state index contributed by atoms with van der Waals surface area (Å²) in [4.78, 5) is 12.0. The average molecular weight is 408 g/mol. The molecule has 5 nitrogen and oxygen atoms in total. The molecule has 1 N–H and O–H groups in total. The Bertz CT molecular complexity index is 971. The van der Waals surface area contributed by atoms with Gasteiger partial charge in [-0.1, -0.05) is 24.3 Å². The first kappa shape index (κ1) is 20.4. The summed E-state index contributed by atoms with van der Waals surface area (Å²) in [6, 6.07) is 9.94. The summed E-state index contributed by atoms with van der Waals surface area (Å²) >= 11 is 0. The molecule has 2 aromatic carbocycles. The third-order valence-corrected chi connectivity index (χ3v) is 6.90. The first-order valence-electron chi connectivity index (χ1n) is 9.06. The van der Waals surface area contributed by atoms with Crippen LogP contribution in [0.15, 0.2) is 47.4 Å². The summed E-state index contributed by atoms with van der Waals surface area (Å²) in [5.41, 5.74) is 1.31. The van der Waals surface area contributed by atoms with E-state index in [-0.39, 0.29) is 42.2 Å². The molecule has 0 spiro atoms. The van der Waals surface area contributed by atoms with Gasteiger partial charge >= 0.3 is 0 Å². The molecule has 28 heavy (non-hydrogen) atoms. The monoisotopic (exact) mass is 408 g/mol. The summed E-state index contributed by atoms with van der Waals surface area (Å²) in [5.74, 6) is -1.55. The second kappa shape index (κ2) is 8.36. The number of hydrogen-bond donors (Lipinski definition) is 1. The van der Waals surface area contributed by atoms with Crippen molar-refractivity contribution in [1.82, 2.24) is 9.62 Å². The molecule has 8 heteroatoms. The van der Waals surface area contributed by atoms with Gasteiger partial charge in [-0.25, -0.2) is 17.2 Å². The lowest BCUT2D eigenvalue weighted by Gasteiger charge is -2.30. The quantitative estimate of drug-likeness (QED) is 0.827. The minimum Gasteiger partial charge on any atom is -0.352 e. The maximum absolute atomic E-state index is 13.9. The maximum atomic E-state index is 13.9. The number of halogens is 2. The normalized spacial score (nSPS) is 16.1. The zero-order valence-corrected chi connectivity index (χ0v) is 16.3. The Morgan fingerprint density at radius 2 is 1.79 bits per heavy atom. The highest BCUT2D eigenvalue weighted by Gasteiger charge is 2.33. The van der Waals surface area contributed by atoms with Crippen LogP contribution in [0.25, 0.3) is 0 Å². The molecule has 0 saturated carbocycles. The van der Waals surface area contributed by atoms with Crippen LogP contribution in [0.3, 0.4) is 0 Å². The SMILES string of the molecule is Cc1cc(CNC(=O)C2CCN(S(=O)(=O)c3ccccc3F)CC2)ccc1F. The summed E-state index contributed by atoms with van der Waals surface area (Å²) in [6.07, 6.45) is 0.726. The molecule has 0 aromatic heterocycles. The van der Waals surface area contributed by atoms with E-state index in [1.807, 2.05) is 0 Å². The van der Waals surface area contributed by atoms with Crippen molar-refractivity contribution in [3.05, 3.63) is 65.2 Å². The highest BCUT2D eigenvalue weighted by Crippen LogP contribution is 2.25. The van der Waals surface area contributed by atoms with Gasteiger partial charge in [0.2, 0.25) is 15.9 Å². The van der Waals surface area contributed by atoms with Crippen molar-refractivity contribution >= 4 is 15.9 Å². The number of rotatable bonds is 5. The number of carbonyl (C=O) groups is 1. The predicted molar refractivity (Wildman–Crippen MR) is 101 cm³/mol. The second-order valence-electron chi connectivity index (χ2n) is 6.91. The molecule has 2 aromatic rings. The van der Waals surface area contributed by atoms with Crippen LogP contribution in [0.2, 0.25) is 0 Å². The van der Waals surface area contributed by atoms with Crippen LogP contribution in [0.4, 0.5) is 8.78 Å². The van der Waals surface area contributed by atoms with Crippen molar-refractivity contribution in [3.8, 4) is 0 Å². The molecule has 1 aliphatic rings. The van der Waals surface area contributed by atoms with E-state index in [9.17, 15) is 22.0 Å². The molecule has 0 unspecified atom stereocenters. The van der Waals surface area contributed by atoms with Gasteiger partial charge < -0.3 is 5.32 Å². The van der Waals surface area contributed by atoms with Gasteiger partial charge in [-0.15, -0.1) is 0 Å². The fourth-order valence-electron chi connectivity index (χ4n) is 3.30. The standard InChI is InChI=1S/C20H22F2N2O3S/c1-14-12-15(6-7-17(14)21)13-23-20(25)16-8-10-24(11-9-16)28(26,27)19-5-3-2-4-18(19)22/h2-7,12,16H,8-11,13H2,1H3,(H,23,25). The van der Waals surface area contributed by atoms with Gasteiger partial charge in [0.15, 0.2) is 0 Å². The Morgan fingerprint density at radius 1 is 1.11 bits per heavy atom. The Labute approximate surface area is 163 Å². The number of nitrogens with one attached hydrogen (secondary N) is 1. The van der Waals surface area contributed by atoms with Crippen molar-refractivity contribution in [1.29, 1.82) is 0 Å². The van der Waals surface area contributed by atoms with E-state index in [4.69, 9.17) is 0 Å². The smallest absolute Gasteiger partial charge is 0.245 e. The number of nitrogens with zero attached hydrogens (tertiary/aromatic N) is 1. The molecule has 1 heterocycles. The van der Waals surface area contributed by atoms with Gasteiger partial charge in [0.1, 0.15) is 16.5 Å². The van der Waals surface area contributed by atoms with E-state index in [0.717, 1.165) is 11.6 Å². The average Bonchev–Trinajstić information content (AvgIpc) is 2.69. The third-order valence-electron chi connectivity index (χ3n) is 4.97. The number of piperidine rings is 1. The van der Waals surface area contributed by atoms with E-state index in [1.165, 1.54) is 28.6 Å². The lowest BCUT2D eigenvalue weighted by molar-refractivity contribution is -0.126. The summed E-state index contributed by atoms with van der Waals surface area (Å²) in [7, 11) is -3.91. The van der Waals surface area contributed by atoms with Crippen LogP contribution >= 0.6 is 0 Å². The van der Waals surface area contributed by atoms with Crippen LogP contribution < -0.4 is 5.32 Å². The zero-order valence-electron chi connectivity index (χ0n) is 15.5. The Kier molecular flexibility index (Phi) is 6.10. The Balaban J connectivity index is 1.56. The molecule has 1 fully saturated rings. The molecular formula is C20H22F2N2O3S. The van der Waals surface area contributed by atoms with E-state index < -0.39 is 15.8 Å². The van der Waals surface area contributed by atoms with E-state index in [1.54, 1.807) is 19.1 Å². The second-order valence-corrected chi connectivity index (χ2v) is 8.82. The summed E-state index contributed by atoms with van der Waals surface area (Å²) in [5, 5.41) is 2.82. The summed E-state index contributed by atoms with van der Waals surface area (Å²) < 4.78 is 53.6. The molecule has 0 bridgehead atoms. The van der Waals surface area contributed by atoms with Crippen molar-refractivity contribution in [2.75, 3.05) is 13.1 Å². The Hall–Kier alpha value is -2.32. The molecular weight excluding hydrogens is 386 g/mol. The fourth-order valence-corrected chi connectivity index (χ4v) is 4.84. The minimum absolute atomic E-state index is 0.157. The topological polar surface area (TPSA) is 66.5 Å². The van der Waals surface area contributed by atoms with Crippen molar-refractivity contribution < 1.29 is 22.0 Å². The first-order valence-corrected chi connectivity index (χ1v) is 10.5. The number of hydrogen-bond acceptors (Lipinski definition) is 3. The number of benzene rings is 2. The van der Waals surface area contributed by atoms with E-state index in [0.29, 0.717) is 18.4 Å². The lowest BCUT2D eigenvalue weighted by atomic mass is 9.97. The molecule has 0 radical (unpaired) electrons. The number of aryl methyl sites for hydroxylation is 1. The van der Waals surface area contributed by atoms with Crippen molar-refractivity contribution in [2.24, 2.45) is 5.92 Å². The highest BCUT2D eigenvalue weighted by molar-refractivity contribution is 7.89. The first-order chi connectivity index (χ1) is 13.3. The molecule has 150 valence electrons.